The van der Waals surface area contributed by atoms with E-state index in [-0.39, 0.29) is 5.75 Å². The molecule has 0 fully saturated rings. The summed E-state index contributed by atoms with van der Waals surface area (Å²) in [5.74, 6) is 0.183. The largest absolute Gasteiger partial charge is 0.507 e. The maximum Gasteiger partial charge on any atom is 0.127 e. The lowest BCUT2D eigenvalue weighted by Crippen LogP contribution is -1.98. The highest BCUT2D eigenvalue weighted by Crippen LogP contribution is 2.35. The van der Waals surface area contributed by atoms with Crippen molar-refractivity contribution < 1.29 is 5.11 Å². The summed E-state index contributed by atoms with van der Waals surface area (Å²) in [7, 11) is 0. The smallest absolute Gasteiger partial charge is 0.127 e. The molecule has 5 nitrogen and oxygen atoms in total. The second-order valence-electron chi connectivity index (χ2n) is 6.71. The number of H-pyrrole nitrogens is 1. The van der Waals surface area contributed by atoms with Gasteiger partial charge in [0.2, 0.25) is 0 Å². The second-order valence-corrected chi connectivity index (χ2v) is 6.71. The number of nitrogens with zero attached hydrogens (tertiary/aromatic N) is 3. The third kappa shape index (κ3) is 2.83. The van der Waals surface area contributed by atoms with E-state index in [9.17, 15) is 5.11 Å². The van der Waals surface area contributed by atoms with Gasteiger partial charge in [0, 0.05) is 29.1 Å². The molecule has 0 aliphatic heterocycles. The van der Waals surface area contributed by atoms with Crippen LogP contribution >= 0.6 is 0 Å². The maximum absolute atomic E-state index is 10.7. The molecule has 0 amide bonds. The highest BCUT2D eigenvalue weighted by molar-refractivity contribution is 5.89. The fraction of sp³-hybridized carbons (Fsp3) is 0.0435. The molecule has 0 unspecified atom stereocenters. The number of benzene rings is 3. The summed E-state index contributed by atoms with van der Waals surface area (Å²) < 4.78 is 1.83. The first-order chi connectivity index (χ1) is 13.8. The summed E-state index contributed by atoms with van der Waals surface area (Å²) in [6.45, 7) is 0. The lowest BCUT2D eigenvalue weighted by Gasteiger charge is -2.10. The predicted octanol–water partition coefficient (Wildman–Crippen LogP) is 4.71. The van der Waals surface area contributed by atoms with E-state index in [2.05, 4.69) is 27.4 Å². The van der Waals surface area contributed by atoms with Crippen LogP contribution in [0.3, 0.4) is 0 Å². The zero-order chi connectivity index (χ0) is 18.9. The number of fused-ring (bicyclic) bond motifs is 1. The molecule has 3 aromatic carbocycles. The van der Waals surface area contributed by atoms with Crippen LogP contribution in [0.1, 0.15) is 11.3 Å². The number of hydrogen-bond acceptors (Lipinski definition) is 3. The van der Waals surface area contributed by atoms with Crippen LogP contribution in [-0.4, -0.2) is 25.1 Å². The molecule has 5 aromatic rings. The van der Waals surface area contributed by atoms with Crippen molar-refractivity contribution >= 4 is 10.9 Å². The number of rotatable bonds is 4. The van der Waals surface area contributed by atoms with Crippen molar-refractivity contribution in [3.8, 4) is 22.7 Å². The Hall–Kier alpha value is -3.86. The van der Waals surface area contributed by atoms with Gasteiger partial charge < -0.3 is 5.11 Å². The molecule has 0 bridgehead atoms. The molecule has 0 saturated heterocycles. The van der Waals surface area contributed by atoms with Crippen molar-refractivity contribution in [2.45, 2.75) is 6.42 Å². The van der Waals surface area contributed by atoms with E-state index in [0.717, 1.165) is 40.0 Å². The van der Waals surface area contributed by atoms with E-state index in [0.29, 0.717) is 0 Å². The van der Waals surface area contributed by atoms with E-state index in [1.165, 1.54) is 5.56 Å². The van der Waals surface area contributed by atoms with Gasteiger partial charge in [-0.05, 0) is 29.8 Å². The zero-order valence-electron chi connectivity index (χ0n) is 15.1. The summed E-state index contributed by atoms with van der Waals surface area (Å²) in [5.41, 5.74) is 5.48. The third-order valence-electron chi connectivity index (χ3n) is 4.89. The molecule has 0 saturated carbocycles. The fourth-order valence-electron chi connectivity index (χ4n) is 3.52. The molecule has 0 aliphatic rings. The van der Waals surface area contributed by atoms with E-state index in [4.69, 9.17) is 0 Å². The summed E-state index contributed by atoms with van der Waals surface area (Å²) in [6.07, 6.45) is 2.49. The van der Waals surface area contributed by atoms with E-state index < -0.39 is 0 Å². The first kappa shape index (κ1) is 16.3. The molecule has 28 heavy (non-hydrogen) atoms. The summed E-state index contributed by atoms with van der Waals surface area (Å²) >= 11 is 0. The first-order valence-corrected chi connectivity index (χ1v) is 9.13. The van der Waals surface area contributed by atoms with Crippen LogP contribution in [-0.2, 0) is 6.42 Å². The fourth-order valence-corrected chi connectivity index (χ4v) is 3.52. The molecule has 2 heterocycles. The number of aromatic hydroxyl groups is 1. The van der Waals surface area contributed by atoms with E-state index in [1.54, 1.807) is 12.3 Å². The van der Waals surface area contributed by atoms with Crippen molar-refractivity contribution in [2.75, 3.05) is 0 Å². The maximum atomic E-state index is 10.7. The highest BCUT2D eigenvalue weighted by Gasteiger charge is 2.16. The first-order valence-electron chi connectivity index (χ1n) is 9.13. The SMILES string of the molecule is Oc1cc2n[nH]c(Cc3ccccc3)c2cc1-c1ccnn1-c1ccccc1. The Balaban J connectivity index is 1.62. The Morgan fingerprint density at radius 2 is 1.64 bits per heavy atom. The van der Waals surface area contributed by atoms with Gasteiger partial charge in [-0.1, -0.05) is 48.5 Å². The normalized spacial score (nSPS) is 11.1. The van der Waals surface area contributed by atoms with Crippen molar-refractivity contribution in [1.82, 2.24) is 20.0 Å². The van der Waals surface area contributed by atoms with Gasteiger partial charge in [0.15, 0.2) is 0 Å². The van der Waals surface area contributed by atoms with Gasteiger partial charge in [0.05, 0.1) is 23.1 Å². The minimum Gasteiger partial charge on any atom is -0.507 e. The van der Waals surface area contributed by atoms with Gasteiger partial charge >= 0.3 is 0 Å². The van der Waals surface area contributed by atoms with Gasteiger partial charge in [-0.25, -0.2) is 4.68 Å². The van der Waals surface area contributed by atoms with E-state index in [1.807, 2.05) is 65.3 Å². The van der Waals surface area contributed by atoms with Crippen LogP contribution in [0.4, 0.5) is 0 Å². The predicted molar refractivity (Wildman–Crippen MR) is 110 cm³/mol. The zero-order valence-corrected chi connectivity index (χ0v) is 15.1. The van der Waals surface area contributed by atoms with Crippen molar-refractivity contribution in [3.05, 3.63) is 96.3 Å². The summed E-state index contributed by atoms with van der Waals surface area (Å²) in [4.78, 5) is 0. The number of hydrogen-bond donors (Lipinski definition) is 2. The average molecular weight is 366 g/mol. The van der Waals surface area contributed by atoms with Gasteiger partial charge in [-0.2, -0.15) is 10.2 Å². The van der Waals surface area contributed by atoms with Crippen LogP contribution in [0.25, 0.3) is 27.8 Å². The number of nitrogens with one attached hydrogen (secondary N) is 1. The number of phenolic OH excluding ortho intramolecular Hbond substituents is 1. The van der Waals surface area contributed by atoms with Gasteiger partial charge in [0.1, 0.15) is 5.75 Å². The molecule has 0 radical (unpaired) electrons. The average Bonchev–Trinajstić information content (AvgIpc) is 3.36. The summed E-state index contributed by atoms with van der Waals surface area (Å²) in [6, 6.07) is 25.8. The third-order valence-corrected chi connectivity index (χ3v) is 4.89. The topological polar surface area (TPSA) is 66.7 Å². The Labute approximate surface area is 161 Å². The molecule has 0 aliphatic carbocycles. The molecule has 0 atom stereocenters. The van der Waals surface area contributed by atoms with Crippen LogP contribution in [0.5, 0.6) is 5.75 Å². The monoisotopic (exact) mass is 366 g/mol. The number of phenols is 1. The quantitative estimate of drug-likeness (QED) is 0.484. The van der Waals surface area contributed by atoms with Crippen LogP contribution in [0.2, 0.25) is 0 Å². The summed E-state index contributed by atoms with van der Waals surface area (Å²) in [5, 5.41) is 23.6. The standard InChI is InChI=1S/C23H18N4O/c28-23-15-21-18(20(25-26-21)13-16-7-3-1-4-8-16)14-19(23)22-11-12-24-27(22)17-9-5-2-6-10-17/h1-12,14-15,28H,13H2,(H,25,26). The van der Waals surface area contributed by atoms with Crippen LogP contribution in [0.15, 0.2) is 85.1 Å². The van der Waals surface area contributed by atoms with Crippen LogP contribution in [0, 0.1) is 0 Å². The molecule has 2 N–H and O–H groups in total. The van der Waals surface area contributed by atoms with Crippen molar-refractivity contribution in [1.29, 1.82) is 0 Å². The number of aromatic nitrogens is 4. The minimum absolute atomic E-state index is 0.183. The van der Waals surface area contributed by atoms with Gasteiger partial charge in [-0.15, -0.1) is 0 Å². The molecule has 0 spiro atoms. The highest BCUT2D eigenvalue weighted by atomic mass is 16.3. The van der Waals surface area contributed by atoms with Crippen molar-refractivity contribution in [3.63, 3.8) is 0 Å². The number of para-hydroxylation sites is 1. The lowest BCUT2D eigenvalue weighted by atomic mass is 10.0. The molecular formula is C23H18N4O. The van der Waals surface area contributed by atoms with Crippen LogP contribution < -0.4 is 0 Å². The Morgan fingerprint density at radius 1 is 0.893 bits per heavy atom. The second kappa shape index (κ2) is 6.70. The molecule has 2 aromatic heterocycles. The van der Waals surface area contributed by atoms with E-state index >= 15 is 0 Å². The Morgan fingerprint density at radius 3 is 2.43 bits per heavy atom. The minimum atomic E-state index is 0.183. The molecule has 5 rings (SSSR count). The number of aromatic amines is 1. The molecule has 5 heteroatoms. The molecule has 136 valence electrons. The van der Waals surface area contributed by atoms with Gasteiger partial charge in [-0.3, -0.25) is 5.10 Å². The Kier molecular flexibility index (Phi) is 3.91. The van der Waals surface area contributed by atoms with Gasteiger partial charge in [0.25, 0.3) is 0 Å². The lowest BCUT2D eigenvalue weighted by molar-refractivity contribution is 0.477. The Bertz CT molecular complexity index is 1240. The van der Waals surface area contributed by atoms with Crippen molar-refractivity contribution in [2.24, 2.45) is 0 Å². The molecular weight excluding hydrogens is 348 g/mol.